The number of ether oxygens (including phenoxy) is 3. The van der Waals surface area contributed by atoms with E-state index in [4.69, 9.17) is 25.8 Å². The lowest BCUT2D eigenvalue weighted by molar-refractivity contribution is 0.349. The standard InChI is InChI=1S/C25H21ClN4O4/c1-32-20-13-22(34-3)21(33-2)12-17(20)23-27-28-25-29(14-15-8-4-6-10-18(15)26)24(31)16-9-5-7-11-19(16)30(23)25/h4-13H,14H2,1-3H3. The third kappa shape index (κ3) is 3.43. The Morgan fingerprint density at radius 1 is 0.853 bits per heavy atom. The van der Waals surface area contributed by atoms with E-state index in [1.54, 1.807) is 50.2 Å². The predicted molar refractivity (Wildman–Crippen MR) is 130 cm³/mol. The molecular formula is C25H21ClN4O4. The molecule has 2 heterocycles. The van der Waals surface area contributed by atoms with E-state index in [0.29, 0.717) is 50.3 Å². The Balaban J connectivity index is 1.84. The molecule has 0 bridgehead atoms. The van der Waals surface area contributed by atoms with Gasteiger partial charge in [0.1, 0.15) is 5.75 Å². The summed E-state index contributed by atoms with van der Waals surface area (Å²) in [5, 5.41) is 9.98. The van der Waals surface area contributed by atoms with Gasteiger partial charge in [0.15, 0.2) is 17.3 Å². The number of aromatic nitrogens is 4. The lowest BCUT2D eigenvalue weighted by atomic mass is 10.1. The summed E-state index contributed by atoms with van der Waals surface area (Å²) in [5.41, 5.74) is 1.94. The number of para-hydroxylation sites is 1. The molecule has 34 heavy (non-hydrogen) atoms. The van der Waals surface area contributed by atoms with Crippen LogP contribution in [0.4, 0.5) is 0 Å². The third-order valence-corrected chi connectivity index (χ3v) is 6.11. The van der Waals surface area contributed by atoms with Gasteiger partial charge in [0.05, 0.1) is 44.3 Å². The molecule has 2 aromatic heterocycles. The van der Waals surface area contributed by atoms with E-state index < -0.39 is 0 Å². The van der Waals surface area contributed by atoms with E-state index >= 15 is 0 Å². The monoisotopic (exact) mass is 476 g/mol. The van der Waals surface area contributed by atoms with Gasteiger partial charge in [0.25, 0.3) is 5.56 Å². The van der Waals surface area contributed by atoms with Crippen molar-refractivity contribution in [3.63, 3.8) is 0 Å². The largest absolute Gasteiger partial charge is 0.496 e. The number of nitrogens with zero attached hydrogens (tertiary/aromatic N) is 4. The van der Waals surface area contributed by atoms with Gasteiger partial charge in [0.2, 0.25) is 5.78 Å². The van der Waals surface area contributed by atoms with Crippen molar-refractivity contribution < 1.29 is 14.2 Å². The number of halogens is 1. The van der Waals surface area contributed by atoms with Gasteiger partial charge in [-0.3, -0.25) is 13.8 Å². The molecule has 172 valence electrons. The van der Waals surface area contributed by atoms with Crippen LogP contribution in [0.25, 0.3) is 28.1 Å². The second-order valence-corrected chi connectivity index (χ2v) is 7.97. The molecule has 8 nitrogen and oxygen atoms in total. The molecule has 0 aliphatic heterocycles. The Labute approximate surface area is 199 Å². The fourth-order valence-electron chi connectivity index (χ4n) is 4.08. The smallest absolute Gasteiger partial charge is 0.263 e. The van der Waals surface area contributed by atoms with E-state index in [-0.39, 0.29) is 12.1 Å². The molecule has 0 unspecified atom stereocenters. The number of benzene rings is 3. The Bertz CT molecular complexity index is 1590. The number of rotatable bonds is 6. The average Bonchev–Trinajstić information content (AvgIpc) is 3.31. The minimum absolute atomic E-state index is 0.179. The topological polar surface area (TPSA) is 79.9 Å². The summed E-state index contributed by atoms with van der Waals surface area (Å²) in [6.07, 6.45) is 0. The molecule has 0 fully saturated rings. The molecule has 0 amide bonds. The van der Waals surface area contributed by atoms with E-state index in [0.717, 1.165) is 5.56 Å². The van der Waals surface area contributed by atoms with Crippen molar-refractivity contribution in [2.75, 3.05) is 21.3 Å². The fourth-order valence-corrected chi connectivity index (χ4v) is 4.27. The third-order valence-electron chi connectivity index (χ3n) is 5.74. The number of fused-ring (bicyclic) bond motifs is 3. The van der Waals surface area contributed by atoms with Crippen LogP contribution in [0.15, 0.2) is 65.5 Å². The maximum Gasteiger partial charge on any atom is 0.263 e. The molecular weight excluding hydrogens is 456 g/mol. The Morgan fingerprint density at radius 2 is 1.53 bits per heavy atom. The Kier molecular flexibility index (Phi) is 5.59. The van der Waals surface area contributed by atoms with Gasteiger partial charge >= 0.3 is 0 Å². The minimum Gasteiger partial charge on any atom is -0.496 e. The zero-order valence-electron chi connectivity index (χ0n) is 18.8. The summed E-state index contributed by atoms with van der Waals surface area (Å²) >= 11 is 6.40. The summed E-state index contributed by atoms with van der Waals surface area (Å²) in [6, 6.07) is 18.3. The number of methoxy groups -OCH3 is 3. The first-order valence-electron chi connectivity index (χ1n) is 10.5. The van der Waals surface area contributed by atoms with Gasteiger partial charge in [-0.25, -0.2) is 0 Å². The maximum absolute atomic E-state index is 13.5. The van der Waals surface area contributed by atoms with Crippen molar-refractivity contribution in [2.45, 2.75) is 6.54 Å². The van der Waals surface area contributed by atoms with E-state index in [2.05, 4.69) is 10.2 Å². The molecule has 0 saturated carbocycles. The lowest BCUT2D eigenvalue weighted by Gasteiger charge is -2.15. The van der Waals surface area contributed by atoms with Crippen molar-refractivity contribution in [1.29, 1.82) is 0 Å². The van der Waals surface area contributed by atoms with Crippen molar-refractivity contribution in [3.8, 4) is 28.6 Å². The van der Waals surface area contributed by atoms with Crippen LogP contribution in [0.3, 0.4) is 0 Å². The van der Waals surface area contributed by atoms with Crippen LogP contribution in [-0.4, -0.2) is 40.5 Å². The highest BCUT2D eigenvalue weighted by Gasteiger charge is 2.22. The van der Waals surface area contributed by atoms with E-state index in [9.17, 15) is 4.79 Å². The second-order valence-electron chi connectivity index (χ2n) is 7.57. The van der Waals surface area contributed by atoms with Gasteiger partial charge in [-0.2, -0.15) is 0 Å². The molecule has 5 aromatic rings. The van der Waals surface area contributed by atoms with Crippen LogP contribution in [0, 0.1) is 0 Å². The molecule has 0 aliphatic rings. The highest BCUT2D eigenvalue weighted by Crippen LogP contribution is 2.40. The first-order chi connectivity index (χ1) is 16.6. The zero-order chi connectivity index (χ0) is 23.8. The van der Waals surface area contributed by atoms with Crippen molar-refractivity contribution in [1.82, 2.24) is 19.2 Å². The summed E-state index contributed by atoms with van der Waals surface area (Å²) < 4.78 is 20.0. The zero-order valence-corrected chi connectivity index (χ0v) is 19.5. The average molecular weight is 477 g/mol. The molecule has 9 heteroatoms. The summed E-state index contributed by atoms with van der Waals surface area (Å²) in [5.74, 6) is 2.45. The van der Waals surface area contributed by atoms with Gasteiger partial charge < -0.3 is 14.2 Å². The number of hydrogen-bond donors (Lipinski definition) is 0. The first-order valence-corrected chi connectivity index (χ1v) is 10.9. The summed E-state index contributed by atoms with van der Waals surface area (Å²) in [6.45, 7) is 0.244. The summed E-state index contributed by atoms with van der Waals surface area (Å²) in [4.78, 5) is 13.5. The normalized spacial score (nSPS) is 11.2. The van der Waals surface area contributed by atoms with Gasteiger partial charge in [-0.05, 0) is 29.8 Å². The number of hydrogen-bond acceptors (Lipinski definition) is 6. The molecule has 0 atom stereocenters. The SMILES string of the molecule is COc1cc(OC)c(-c2nnc3n(Cc4ccccc4Cl)c(=O)c4ccccc4n23)cc1OC. The van der Waals surface area contributed by atoms with Gasteiger partial charge in [-0.15, -0.1) is 10.2 Å². The molecule has 0 radical (unpaired) electrons. The molecule has 5 rings (SSSR count). The predicted octanol–water partition coefficient (Wildman–Crippen LogP) is 4.44. The fraction of sp³-hybridized carbons (Fsp3) is 0.160. The summed E-state index contributed by atoms with van der Waals surface area (Å²) in [7, 11) is 4.69. The quantitative estimate of drug-likeness (QED) is 0.360. The molecule has 0 saturated heterocycles. The van der Waals surface area contributed by atoms with Crippen LogP contribution in [0.1, 0.15) is 5.56 Å². The highest BCUT2D eigenvalue weighted by atomic mass is 35.5. The van der Waals surface area contributed by atoms with Crippen LogP contribution < -0.4 is 19.8 Å². The van der Waals surface area contributed by atoms with Crippen LogP contribution >= 0.6 is 11.6 Å². The molecule has 0 spiro atoms. The first kappa shape index (κ1) is 21.8. The molecule has 3 aromatic carbocycles. The minimum atomic E-state index is -0.179. The van der Waals surface area contributed by atoms with Gasteiger partial charge in [-0.1, -0.05) is 41.9 Å². The van der Waals surface area contributed by atoms with Crippen LogP contribution in [0.2, 0.25) is 5.02 Å². The van der Waals surface area contributed by atoms with Gasteiger partial charge in [0, 0.05) is 11.1 Å². The van der Waals surface area contributed by atoms with E-state index in [1.165, 1.54) is 0 Å². The Hall–Kier alpha value is -4.04. The van der Waals surface area contributed by atoms with Crippen molar-refractivity contribution >= 4 is 28.3 Å². The van der Waals surface area contributed by atoms with E-state index in [1.807, 2.05) is 40.8 Å². The maximum atomic E-state index is 13.5. The van der Waals surface area contributed by atoms with Crippen LogP contribution in [-0.2, 0) is 6.54 Å². The Morgan fingerprint density at radius 3 is 2.26 bits per heavy atom. The highest BCUT2D eigenvalue weighted by molar-refractivity contribution is 6.31. The van der Waals surface area contributed by atoms with Crippen LogP contribution in [0.5, 0.6) is 17.2 Å². The molecule has 0 N–H and O–H groups in total. The lowest BCUT2D eigenvalue weighted by Crippen LogP contribution is -2.24. The molecule has 0 aliphatic carbocycles. The van der Waals surface area contributed by atoms with Crippen molar-refractivity contribution in [3.05, 3.63) is 81.6 Å². The van der Waals surface area contributed by atoms with Crippen molar-refractivity contribution in [2.24, 2.45) is 0 Å². The second kappa shape index (κ2) is 8.72.